The molecule has 0 atom stereocenters. The Hall–Kier alpha value is -2.34. The third-order valence-corrected chi connectivity index (χ3v) is 6.82. The lowest BCUT2D eigenvalue weighted by atomic mass is 10.0. The molecule has 6 heteroatoms. The van der Waals surface area contributed by atoms with Crippen LogP contribution in [0.15, 0.2) is 39.5 Å². The van der Waals surface area contributed by atoms with Crippen molar-refractivity contribution in [2.24, 2.45) is 0 Å². The molecule has 26 heavy (non-hydrogen) atoms. The Labute approximate surface area is 154 Å². The van der Waals surface area contributed by atoms with Gasteiger partial charge in [0.15, 0.2) is 5.58 Å². The normalized spacial score (nSPS) is 17.8. The summed E-state index contributed by atoms with van der Waals surface area (Å²) in [6, 6.07) is 9.71. The zero-order valence-corrected chi connectivity index (χ0v) is 15.3. The van der Waals surface area contributed by atoms with Crippen LogP contribution in [0.25, 0.3) is 11.1 Å². The summed E-state index contributed by atoms with van der Waals surface area (Å²) in [7, 11) is 0. The molecule has 1 aliphatic heterocycles. The lowest BCUT2D eigenvalue weighted by Crippen LogP contribution is -2.40. The second kappa shape index (κ2) is 6.13. The summed E-state index contributed by atoms with van der Waals surface area (Å²) < 4.78 is 7.12. The molecule has 1 amide bonds. The summed E-state index contributed by atoms with van der Waals surface area (Å²) in [4.78, 5) is 29.3. The highest BCUT2D eigenvalue weighted by Gasteiger charge is 2.28. The molecule has 1 fully saturated rings. The number of piperidine rings is 1. The summed E-state index contributed by atoms with van der Waals surface area (Å²) in [6.45, 7) is 1.36. The van der Waals surface area contributed by atoms with Crippen molar-refractivity contribution < 1.29 is 9.21 Å². The Balaban J connectivity index is 1.33. The molecule has 5 nitrogen and oxygen atoms in total. The molecular weight excluding hydrogens is 348 g/mol. The van der Waals surface area contributed by atoms with Gasteiger partial charge >= 0.3 is 5.76 Å². The van der Waals surface area contributed by atoms with Crippen molar-refractivity contribution in [2.75, 3.05) is 13.1 Å². The van der Waals surface area contributed by atoms with E-state index in [1.807, 2.05) is 29.2 Å². The van der Waals surface area contributed by atoms with E-state index in [2.05, 4.69) is 6.07 Å². The highest BCUT2D eigenvalue weighted by Crippen LogP contribution is 2.32. The number of amides is 1. The minimum Gasteiger partial charge on any atom is -0.408 e. The first kappa shape index (κ1) is 15.9. The van der Waals surface area contributed by atoms with Crippen molar-refractivity contribution in [2.45, 2.75) is 38.1 Å². The zero-order chi connectivity index (χ0) is 17.7. The van der Waals surface area contributed by atoms with E-state index in [0.717, 1.165) is 36.1 Å². The van der Waals surface area contributed by atoms with Gasteiger partial charge in [-0.3, -0.25) is 9.36 Å². The van der Waals surface area contributed by atoms with E-state index in [-0.39, 0.29) is 17.7 Å². The van der Waals surface area contributed by atoms with Gasteiger partial charge in [-0.15, -0.1) is 11.3 Å². The largest absolute Gasteiger partial charge is 0.420 e. The SMILES string of the molecule is O=C(c1cc2c(s1)CCC2)N1CCC(n2c(=O)oc3ccccc32)CC1. The first-order valence-corrected chi connectivity index (χ1v) is 10.0. The Morgan fingerprint density at radius 2 is 1.96 bits per heavy atom. The van der Waals surface area contributed by atoms with E-state index in [1.54, 1.807) is 15.9 Å². The number of hydrogen-bond acceptors (Lipinski definition) is 4. The lowest BCUT2D eigenvalue weighted by Gasteiger charge is -2.32. The number of thiophene rings is 1. The molecule has 0 unspecified atom stereocenters. The molecule has 0 spiro atoms. The minimum atomic E-state index is -0.300. The molecule has 2 aromatic heterocycles. The predicted octanol–water partition coefficient (Wildman–Crippen LogP) is 3.62. The molecule has 1 saturated heterocycles. The number of likely N-dealkylation sites (tertiary alicyclic amines) is 1. The highest BCUT2D eigenvalue weighted by molar-refractivity contribution is 7.14. The maximum absolute atomic E-state index is 12.8. The molecule has 3 heterocycles. The summed E-state index contributed by atoms with van der Waals surface area (Å²) in [5.74, 6) is -0.155. The summed E-state index contributed by atoms with van der Waals surface area (Å²) in [5.41, 5.74) is 2.84. The van der Waals surface area contributed by atoms with Crippen molar-refractivity contribution in [1.29, 1.82) is 0 Å². The van der Waals surface area contributed by atoms with E-state index in [9.17, 15) is 9.59 Å². The van der Waals surface area contributed by atoms with E-state index in [1.165, 1.54) is 16.9 Å². The van der Waals surface area contributed by atoms with Gasteiger partial charge in [0.1, 0.15) is 0 Å². The molecule has 3 aromatic rings. The Bertz CT molecular complexity index is 1020. The van der Waals surface area contributed by atoms with Gasteiger partial charge in [0, 0.05) is 24.0 Å². The molecule has 0 saturated carbocycles. The quantitative estimate of drug-likeness (QED) is 0.694. The fraction of sp³-hybridized carbons (Fsp3) is 0.400. The van der Waals surface area contributed by atoms with Crippen LogP contribution >= 0.6 is 11.3 Å². The van der Waals surface area contributed by atoms with Crippen molar-refractivity contribution in [3.63, 3.8) is 0 Å². The van der Waals surface area contributed by atoms with Crippen LogP contribution in [0.5, 0.6) is 0 Å². The molecule has 0 N–H and O–H groups in total. The van der Waals surface area contributed by atoms with E-state index >= 15 is 0 Å². The highest BCUT2D eigenvalue weighted by atomic mass is 32.1. The first-order chi connectivity index (χ1) is 12.7. The molecule has 0 bridgehead atoms. The average molecular weight is 368 g/mol. The van der Waals surface area contributed by atoms with Crippen LogP contribution in [0.3, 0.4) is 0 Å². The molecule has 1 aromatic carbocycles. The number of nitrogens with zero attached hydrogens (tertiary/aromatic N) is 2. The van der Waals surface area contributed by atoms with Gasteiger partial charge in [0.25, 0.3) is 5.91 Å². The number of aryl methyl sites for hydroxylation is 2. The number of para-hydroxylation sites is 2. The summed E-state index contributed by atoms with van der Waals surface area (Å²) in [6.07, 6.45) is 5.00. The van der Waals surface area contributed by atoms with Gasteiger partial charge in [-0.05, 0) is 55.9 Å². The molecule has 2 aliphatic rings. The Morgan fingerprint density at radius 3 is 2.77 bits per heavy atom. The minimum absolute atomic E-state index is 0.0866. The van der Waals surface area contributed by atoms with Gasteiger partial charge in [0.2, 0.25) is 0 Å². The smallest absolute Gasteiger partial charge is 0.408 e. The Kier molecular flexibility index (Phi) is 3.74. The summed E-state index contributed by atoms with van der Waals surface area (Å²) in [5, 5.41) is 0. The fourth-order valence-electron chi connectivity index (χ4n) is 4.25. The van der Waals surface area contributed by atoms with Crippen LogP contribution in [-0.2, 0) is 12.8 Å². The van der Waals surface area contributed by atoms with Crippen molar-refractivity contribution >= 4 is 28.3 Å². The third-order valence-electron chi connectivity index (χ3n) is 5.59. The monoisotopic (exact) mass is 368 g/mol. The van der Waals surface area contributed by atoms with Gasteiger partial charge in [-0.25, -0.2) is 4.79 Å². The molecule has 0 radical (unpaired) electrons. The average Bonchev–Trinajstić information content (AvgIpc) is 3.33. The van der Waals surface area contributed by atoms with Gasteiger partial charge in [-0.2, -0.15) is 0 Å². The predicted molar refractivity (Wildman–Crippen MR) is 101 cm³/mol. The molecule has 5 rings (SSSR count). The third kappa shape index (κ3) is 2.51. The van der Waals surface area contributed by atoms with Crippen LogP contribution in [0.4, 0.5) is 0 Å². The van der Waals surface area contributed by atoms with Gasteiger partial charge < -0.3 is 9.32 Å². The van der Waals surface area contributed by atoms with Gasteiger partial charge in [-0.1, -0.05) is 12.1 Å². The number of rotatable bonds is 2. The molecule has 1 aliphatic carbocycles. The number of fused-ring (bicyclic) bond motifs is 2. The topological polar surface area (TPSA) is 55.5 Å². The first-order valence-electron chi connectivity index (χ1n) is 9.21. The van der Waals surface area contributed by atoms with Crippen LogP contribution in [0.2, 0.25) is 0 Å². The van der Waals surface area contributed by atoms with Crippen molar-refractivity contribution in [3.8, 4) is 0 Å². The number of oxazole rings is 1. The van der Waals surface area contributed by atoms with Crippen molar-refractivity contribution in [1.82, 2.24) is 9.47 Å². The number of benzene rings is 1. The summed E-state index contributed by atoms with van der Waals surface area (Å²) >= 11 is 1.67. The van der Waals surface area contributed by atoms with E-state index in [0.29, 0.717) is 18.7 Å². The maximum atomic E-state index is 12.8. The molecule has 134 valence electrons. The number of carbonyl (C=O) groups is 1. The Morgan fingerprint density at radius 1 is 1.15 bits per heavy atom. The second-order valence-corrected chi connectivity index (χ2v) is 8.28. The molecular formula is C20H20N2O3S. The van der Waals surface area contributed by atoms with Crippen LogP contribution in [0, 0.1) is 0 Å². The number of hydrogen-bond donors (Lipinski definition) is 0. The standard InChI is InChI=1S/C20H20N2O3S/c23-19(18-12-13-4-3-7-17(13)26-18)21-10-8-14(9-11-21)22-15-5-1-2-6-16(15)25-20(22)24/h1-2,5-6,12,14H,3-4,7-11H2. The van der Waals surface area contributed by atoms with E-state index < -0.39 is 0 Å². The lowest BCUT2D eigenvalue weighted by molar-refractivity contribution is 0.0698. The van der Waals surface area contributed by atoms with E-state index in [4.69, 9.17) is 4.42 Å². The fourth-order valence-corrected chi connectivity index (χ4v) is 5.47. The van der Waals surface area contributed by atoms with Crippen LogP contribution < -0.4 is 5.76 Å². The van der Waals surface area contributed by atoms with Crippen molar-refractivity contribution in [3.05, 3.63) is 56.2 Å². The maximum Gasteiger partial charge on any atom is 0.420 e. The second-order valence-electron chi connectivity index (χ2n) is 7.14. The van der Waals surface area contributed by atoms with Crippen LogP contribution in [-0.4, -0.2) is 28.5 Å². The zero-order valence-electron chi connectivity index (χ0n) is 14.4. The van der Waals surface area contributed by atoms with Crippen LogP contribution in [0.1, 0.15) is 45.4 Å². The van der Waals surface area contributed by atoms with Gasteiger partial charge in [0.05, 0.1) is 10.4 Å². The number of aromatic nitrogens is 1. The number of carbonyl (C=O) groups excluding carboxylic acids is 1.